The molecule has 0 fully saturated rings. The SMILES string of the molecule is COc1ccc(COC/C=C(/CO[Si](C(C)C)(C(C)C)C(C)C)[C@@H]2CC=C(I)C(=O)C2)cc1. The molecule has 1 aromatic carbocycles. The Morgan fingerprint density at radius 1 is 1.09 bits per heavy atom. The molecule has 0 saturated carbocycles. The summed E-state index contributed by atoms with van der Waals surface area (Å²) >= 11 is 2.16. The van der Waals surface area contributed by atoms with E-state index in [9.17, 15) is 4.79 Å². The zero-order valence-electron chi connectivity index (χ0n) is 21.3. The van der Waals surface area contributed by atoms with E-state index in [2.05, 4.69) is 76.3 Å². The largest absolute Gasteiger partial charge is 0.497 e. The van der Waals surface area contributed by atoms with E-state index in [-0.39, 0.29) is 11.7 Å². The molecule has 0 unspecified atom stereocenters. The lowest BCUT2D eigenvalue weighted by atomic mass is 9.87. The zero-order chi connectivity index (χ0) is 24.6. The molecule has 33 heavy (non-hydrogen) atoms. The molecule has 0 radical (unpaired) electrons. The second-order valence-corrected chi connectivity index (χ2v) is 16.5. The van der Waals surface area contributed by atoms with Gasteiger partial charge in [0, 0.05) is 6.42 Å². The lowest BCUT2D eigenvalue weighted by Gasteiger charge is -2.42. The van der Waals surface area contributed by atoms with Crippen molar-refractivity contribution in [2.75, 3.05) is 20.3 Å². The van der Waals surface area contributed by atoms with Gasteiger partial charge in [-0.1, -0.05) is 65.8 Å². The van der Waals surface area contributed by atoms with Crippen LogP contribution in [0.3, 0.4) is 0 Å². The Bertz CT molecular complexity index is 805. The van der Waals surface area contributed by atoms with Gasteiger partial charge in [0.15, 0.2) is 5.78 Å². The minimum absolute atomic E-state index is 0.193. The topological polar surface area (TPSA) is 44.8 Å². The maximum Gasteiger partial charge on any atom is 0.200 e. The van der Waals surface area contributed by atoms with Crippen LogP contribution in [0.4, 0.5) is 0 Å². The third-order valence-electron chi connectivity index (χ3n) is 6.89. The van der Waals surface area contributed by atoms with E-state index in [1.54, 1.807) is 7.11 Å². The van der Waals surface area contributed by atoms with Gasteiger partial charge in [-0.05, 0) is 74.8 Å². The van der Waals surface area contributed by atoms with E-state index in [0.29, 0.717) is 42.9 Å². The minimum Gasteiger partial charge on any atom is -0.497 e. The Labute approximate surface area is 215 Å². The van der Waals surface area contributed by atoms with Gasteiger partial charge < -0.3 is 13.9 Å². The summed E-state index contributed by atoms with van der Waals surface area (Å²) in [5.41, 5.74) is 3.90. The third kappa shape index (κ3) is 7.51. The summed E-state index contributed by atoms with van der Waals surface area (Å²) in [6.07, 6.45) is 5.67. The number of halogens is 1. The molecule has 0 bridgehead atoms. The van der Waals surface area contributed by atoms with Gasteiger partial charge in [0.05, 0.1) is 30.5 Å². The Morgan fingerprint density at radius 2 is 1.70 bits per heavy atom. The number of ketones is 1. The van der Waals surface area contributed by atoms with E-state index in [0.717, 1.165) is 21.3 Å². The summed E-state index contributed by atoms with van der Waals surface area (Å²) in [6.45, 7) is 15.5. The molecule has 1 aliphatic rings. The molecule has 0 aliphatic heterocycles. The van der Waals surface area contributed by atoms with Crippen LogP contribution in [0.2, 0.25) is 16.6 Å². The van der Waals surface area contributed by atoms with Gasteiger partial charge in [0.25, 0.3) is 0 Å². The fourth-order valence-electron chi connectivity index (χ4n) is 5.16. The summed E-state index contributed by atoms with van der Waals surface area (Å²) < 4.78 is 19.0. The molecule has 6 heteroatoms. The van der Waals surface area contributed by atoms with Crippen LogP contribution in [0.25, 0.3) is 0 Å². The Balaban J connectivity index is 2.14. The smallest absolute Gasteiger partial charge is 0.200 e. The first-order chi connectivity index (χ1) is 15.6. The predicted octanol–water partition coefficient (Wildman–Crippen LogP) is 7.63. The van der Waals surface area contributed by atoms with Crippen LogP contribution in [0.1, 0.15) is 59.9 Å². The molecule has 0 spiro atoms. The molecule has 0 aromatic heterocycles. The Morgan fingerprint density at radius 3 is 2.21 bits per heavy atom. The van der Waals surface area contributed by atoms with Gasteiger partial charge in [-0.15, -0.1) is 0 Å². The third-order valence-corrected chi connectivity index (χ3v) is 14.0. The molecule has 1 atom stereocenters. The Kier molecular flexibility index (Phi) is 11.3. The number of ether oxygens (including phenoxy) is 2. The quantitative estimate of drug-likeness (QED) is 0.110. The average Bonchev–Trinajstić information content (AvgIpc) is 2.77. The first-order valence-electron chi connectivity index (χ1n) is 12.0. The van der Waals surface area contributed by atoms with Crippen molar-refractivity contribution in [1.82, 2.24) is 0 Å². The number of rotatable bonds is 12. The van der Waals surface area contributed by atoms with Gasteiger partial charge in [0.2, 0.25) is 8.32 Å². The highest BCUT2D eigenvalue weighted by Crippen LogP contribution is 2.43. The molecule has 2 rings (SSSR count). The molecule has 0 amide bonds. The second kappa shape index (κ2) is 13.2. The van der Waals surface area contributed by atoms with E-state index in [4.69, 9.17) is 13.9 Å². The normalized spacial score (nSPS) is 17.8. The summed E-state index contributed by atoms with van der Waals surface area (Å²) in [4.78, 5) is 12.4. The van der Waals surface area contributed by atoms with E-state index >= 15 is 0 Å². The van der Waals surface area contributed by atoms with Crippen LogP contribution in [0, 0.1) is 5.92 Å². The van der Waals surface area contributed by atoms with Crippen molar-refractivity contribution in [3.8, 4) is 5.75 Å². The van der Waals surface area contributed by atoms with Crippen molar-refractivity contribution < 1.29 is 18.7 Å². The van der Waals surface area contributed by atoms with E-state index in [1.807, 2.05) is 24.3 Å². The maximum absolute atomic E-state index is 12.4. The van der Waals surface area contributed by atoms with E-state index in [1.165, 1.54) is 5.57 Å². The number of carbonyl (C=O) groups is 1. The molecule has 0 saturated heterocycles. The molecular weight excluding hydrogens is 543 g/mol. The fraction of sp³-hybridized carbons (Fsp3) is 0.593. The molecule has 0 heterocycles. The van der Waals surface area contributed by atoms with Crippen LogP contribution < -0.4 is 4.74 Å². The first-order valence-corrected chi connectivity index (χ1v) is 15.3. The molecule has 184 valence electrons. The van der Waals surface area contributed by atoms with Gasteiger partial charge >= 0.3 is 0 Å². The minimum atomic E-state index is -1.99. The number of hydrogen-bond donors (Lipinski definition) is 0. The number of allylic oxidation sites excluding steroid dienone is 2. The zero-order valence-corrected chi connectivity index (χ0v) is 24.5. The molecule has 4 nitrogen and oxygen atoms in total. The van der Waals surface area contributed by atoms with Crippen molar-refractivity contribution in [2.24, 2.45) is 5.92 Å². The highest BCUT2D eigenvalue weighted by Gasteiger charge is 2.45. The number of methoxy groups -OCH3 is 1. The first kappa shape index (κ1) is 28.3. The van der Waals surface area contributed by atoms with Crippen molar-refractivity contribution in [2.45, 2.75) is 77.6 Å². The number of benzene rings is 1. The lowest BCUT2D eigenvalue weighted by Crippen LogP contribution is -2.48. The highest BCUT2D eigenvalue weighted by atomic mass is 127. The summed E-state index contributed by atoms with van der Waals surface area (Å²) in [5, 5.41) is 0. The molecule has 1 aromatic rings. The highest BCUT2D eigenvalue weighted by molar-refractivity contribution is 14.1. The van der Waals surface area contributed by atoms with Crippen LogP contribution in [0.15, 0.2) is 45.6 Å². The summed E-state index contributed by atoms with van der Waals surface area (Å²) in [7, 11) is -0.321. The molecular formula is C27H41IO4Si. The number of Topliss-reactive ketones (excluding diaryl/α,β-unsaturated/α-hetero) is 1. The standard InChI is InChI=1S/C27H41IO4Si/c1-19(2)33(20(3)4,21(5)6)32-18-24(23-10-13-26(28)27(29)16-23)14-15-31-17-22-8-11-25(30-7)12-9-22/h8-9,11-14,19-21,23H,10,15-18H2,1-7H3/b24-14-/t23-/m1/s1. The second-order valence-electron chi connectivity index (χ2n) is 9.86. The van der Waals surface area contributed by atoms with Crippen molar-refractivity contribution in [1.29, 1.82) is 0 Å². The van der Waals surface area contributed by atoms with Gasteiger partial charge in [-0.25, -0.2) is 0 Å². The van der Waals surface area contributed by atoms with Crippen LogP contribution in [0.5, 0.6) is 5.75 Å². The van der Waals surface area contributed by atoms with Crippen LogP contribution >= 0.6 is 22.6 Å². The summed E-state index contributed by atoms with van der Waals surface area (Å²) in [6, 6.07) is 7.94. The number of carbonyl (C=O) groups excluding carboxylic acids is 1. The van der Waals surface area contributed by atoms with Crippen molar-refractivity contribution >= 4 is 36.7 Å². The maximum atomic E-state index is 12.4. The molecule has 0 N–H and O–H groups in total. The summed E-state index contributed by atoms with van der Waals surface area (Å²) in [5.74, 6) is 1.27. The van der Waals surface area contributed by atoms with Crippen molar-refractivity contribution in [3.05, 3.63) is 51.1 Å². The van der Waals surface area contributed by atoms with E-state index < -0.39 is 8.32 Å². The Hall–Kier alpha value is -0.963. The fourth-order valence-corrected chi connectivity index (χ4v) is 11.1. The van der Waals surface area contributed by atoms with Crippen molar-refractivity contribution in [3.63, 3.8) is 0 Å². The number of hydrogen-bond acceptors (Lipinski definition) is 4. The predicted molar refractivity (Wildman–Crippen MR) is 148 cm³/mol. The monoisotopic (exact) mass is 584 g/mol. The lowest BCUT2D eigenvalue weighted by molar-refractivity contribution is -0.115. The van der Waals surface area contributed by atoms with Crippen LogP contribution in [-0.2, 0) is 20.6 Å². The van der Waals surface area contributed by atoms with Gasteiger partial charge in [-0.2, -0.15) is 0 Å². The molecule has 1 aliphatic carbocycles. The van der Waals surface area contributed by atoms with Crippen LogP contribution in [-0.4, -0.2) is 34.4 Å². The average molecular weight is 585 g/mol. The van der Waals surface area contributed by atoms with Gasteiger partial charge in [-0.3, -0.25) is 4.79 Å². The van der Waals surface area contributed by atoms with Gasteiger partial charge in [0.1, 0.15) is 5.75 Å².